The van der Waals surface area contributed by atoms with Crippen molar-refractivity contribution >= 4 is 11.5 Å². The van der Waals surface area contributed by atoms with Gasteiger partial charge >= 0.3 is 0 Å². The van der Waals surface area contributed by atoms with Gasteiger partial charge in [0.1, 0.15) is 5.84 Å². The lowest BCUT2D eigenvalue weighted by molar-refractivity contribution is 0.815. The van der Waals surface area contributed by atoms with E-state index in [1.54, 1.807) is 0 Å². The van der Waals surface area contributed by atoms with Crippen LogP contribution in [0.1, 0.15) is 44.2 Å². The molecule has 1 N–H and O–H groups in total. The topological polar surface area (TPSA) is 27.1 Å². The molecular weight excluding hydrogens is 208 g/mol. The van der Waals surface area contributed by atoms with Gasteiger partial charge in [0.2, 0.25) is 0 Å². The first kappa shape index (κ1) is 13.8. The van der Waals surface area contributed by atoms with Gasteiger partial charge in [-0.15, -0.1) is 0 Å². The van der Waals surface area contributed by atoms with E-state index >= 15 is 0 Å². The lowest BCUT2D eigenvalue weighted by Crippen LogP contribution is -2.31. The Balaban J connectivity index is 2.97. The van der Waals surface area contributed by atoms with E-state index in [9.17, 15) is 0 Å². The van der Waals surface area contributed by atoms with Crippen LogP contribution < -0.4 is 4.90 Å². The van der Waals surface area contributed by atoms with Gasteiger partial charge in [-0.1, -0.05) is 31.5 Å². The number of hydrogen-bond acceptors (Lipinski definition) is 1. The zero-order chi connectivity index (χ0) is 12.8. The zero-order valence-corrected chi connectivity index (χ0v) is 11.5. The number of unbranched alkanes of at least 4 members (excludes halogenated alkanes) is 1. The molecule has 17 heavy (non-hydrogen) atoms. The predicted octanol–water partition coefficient (Wildman–Crippen LogP) is 4.30. The monoisotopic (exact) mass is 232 g/mol. The maximum Gasteiger partial charge on any atom is 0.100 e. The summed E-state index contributed by atoms with van der Waals surface area (Å²) in [5, 5.41) is 8.21. The number of benzene rings is 1. The predicted molar refractivity (Wildman–Crippen MR) is 76.2 cm³/mol. The Labute approximate surface area is 105 Å². The van der Waals surface area contributed by atoms with Crippen LogP contribution in [0.4, 0.5) is 5.69 Å². The molecule has 0 spiro atoms. The number of rotatable bonds is 5. The van der Waals surface area contributed by atoms with E-state index in [-0.39, 0.29) is 0 Å². The number of nitrogens with zero attached hydrogens (tertiary/aromatic N) is 1. The van der Waals surface area contributed by atoms with Gasteiger partial charge in [-0.2, -0.15) is 0 Å². The second kappa shape index (κ2) is 6.43. The molecule has 0 saturated heterocycles. The molecule has 0 radical (unpaired) electrons. The van der Waals surface area contributed by atoms with Gasteiger partial charge in [0.15, 0.2) is 0 Å². The molecule has 1 rings (SSSR count). The van der Waals surface area contributed by atoms with Gasteiger partial charge in [0.05, 0.1) is 0 Å². The maximum absolute atomic E-state index is 8.21. The largest absolute Gasteiger partial charge is 0.330 e. The second-order valence-corrected chi connectivity index (χ2v) is 4.53. The van der Waals surface area contributed by atoms with E-state index in [0.717, 1.165) is 31.6 Å². The van der Waals surface area contributed by atoms with Crippen LogP contribution in [0, 0.1) is 19.3 Å². The molecule has 0 aliphatic rings. The molecule has 0 amide bonds. The fraction of sp³-hybridized carbons (Fsp3) is 0.533. The first-order valence-electron chi connectivity index (χ1n) is 6.53. The van der Waals surface area contributed by atoms with Crippen molar-refractivity contribution in [2.24, 2.45) is 0 Å². The highest BCUT2D eigenvalue weighted by Gasteiger charge is 2.13. The highest BCUT2D eigenvalue weighted by Crippen LogP contribution is 2.25. The average Bonchev–Trinajstić information content (AvgIpc) is 2.31. The molecule has 1 aromatic rings. The molecule has 0 heterocycles. The van der Waals surface area contributed by atoms with Crippen LogP contribution in [0.3, 0.4) is 0 Å². The zero-order valence-electron chi connectivity index (χ0n) is 11.5. The van der Waals surface area contributed by atoms with E-state index in [4.69, 9.17) is 5.41 Å². The number of anilines is 1. The summed E-state index contributed by atoms with van der Waals surface area (Å²) in [6.07, 6.45) is 3.12. The number of aryl methyl sites for hydroxylation is 2. The van der Waals surface area contributed by atoms with Gasteiger partial charge < -0.3 is 4.90 Å². The number of para-hydroxylation sites is 1. The summed E-state index contributed by atoms with van der Waals surface area (Å²) in [5.74, 6) is 0.742. The van der Waals surface area contributed by atoms with Gasteiger partial charge in [0.25, 0.3) is 0 Å². The molecule has 0 bridgehead atoms. The quantitative estimate of drug-likeness (QED) is 0.595. The van der Waals surface area contributed by atoms with Crippen molar-refractivity contribution in [3.63, 3.8) is 0 Å². The summed E-state index contributed by atoms with van der Waals surface area (Å²) in [6.45, 7) is 9.40. The van der Waals surface area contributed by atoms with Crippen LogP contribution in [0.2, 0.25) is 0 Å². The van der Waals surface area contributed by atoms with Crippen molar-refractivity contribution in [3.05, 3.63) is 29.3 Å². The average molecular weight is 232 g/mol. The number of amidine groups is 1. The van der Waals surface area contributed by atoms with Crippen molar-refractivity contribution in [2.45, 2.75) is 47.0 Å². The van der Waals surface area contributed by atoms with Crippen molar-refractivity contribution in [1.82, 2.24) is 0 Å². The highest BCUT2D eigenvalue weighted by atomic mass is 15.2. The third-order valence-electron chi connectivity index (χ3n) is 3.12. The summed E-state index contributed by atoms with van der Waals surface area (Å²) in [6, 6.07) is 6.33. The molecule has 0 atom stereocenters. The number of hydrogen-bond donors (Lipinski definition) is 1. The SMILES string of the molecule is CCCCC(=N)N(CC)c1c(C)cccc1C. The van der Waals surface area contributed by atoms with Crippen molar-refractivity contribution < 1.29 is 0 Å². The van der Waals surface area contributed by atoms with E-state index < -0.39 is 0 Å². The first-order valence-corrected chi connectivity index (χ1v) is 6.53. The maximum atomic E-state index is 8.21. The highest BCUT2D eigenvalue weighted by molar-refractivity contribution is 5.96. The Bertz CT molecular complexity index is 362. The third-order valence-corrected chi connectivity index (χ3v) is 3.12. The summed E-state index contributed by atoms with van der Waals surface area (Å²) in [7, 11) is 0. The molecule has 0 fully saturated rings. The van der Waals surface area contributed by atoms with E-state index in [1.807, 2.05) is 0 Å². The number of nitrogens with one attached hydrogen (secondary N) is 1. The third kappa shape index (κ3) is 3.32. The minimum absolute atomic E-state index is 0.742. The minimum atomic E-state index is 0.742. The lowest BCUT2D eigenvalue weighted by Gasteiger charge is -2.27. The van der Waals surface area contributed by atoms with Crippen molar-refractivity contribution in [2.75, 3.05) is 11.4 Å². The minimum Gasteiger partial charge on any atom is -0.330 e. The van der Waals surface area contributed by atoms with Gasteiger partial charge in [-0.3, -0.25) is 5.41 Å². The summed E-state index contributed by atoms with van der Waals surface area (Å²) in [4.78, 5) is 2.14. The fourth-order valence-corrected chi connectivity index (χ4v) is 2.19. The van der Waals surface area contributed by atoms with Crippen molar-refractivity contribution in [1.29, 1.82) is 5.41 Å². The molecule has 2 heteroatoms. The van der Waals surface area contributed by atoms with Gasteiger partial charge in [-0.05, 0) is 38.3 Å². The van der Waals surface area contributed by atoms with Crippen LogP contribution in [0.25, 0.3) is 0 Å². The summed E-state index contributed by atoms with van der Waals surface area (Å²) in [5.41, 5.74) is 3.73. The van der Waals surface area contributed by atoms with Crippen molar-refractivity contribution in [3.8, 4) is 0 Å². The molecule has 1 aromatic carbocycles. The van der Waals surface area contributed by atoms with Crippen LogP contribution in [-0.4, -0.2) is 12.4 Å². The molecule has 94 valence electrons. The Hall–Kier alpha value is -1.31. The van der Waals surface area contributed by atoms with Gasteiger partial charge in [-0.25, -0.2) is 0 Å². The second-order valence-electron chi connectivity index (χ2n) is 4.53. The summed E-state index contributed by atoms with van der Waals surface area (Å²) >= 11 is 0. The van der Waals surface area contributed by atoms with E-state index in [2.05, 4.69) is 50.8 Å². The normalized spacial score (nSPS) is 10.4. The fourth-order valence-electron chi connectivity index (χ4n) is 2.19. The van der Waals surface area contributed by atoms with Crippen LogP contribution in [0.5, 0.6) is 0 Å². The molecule has 0 aliphatic heterocycles. The summed E-state index contributed by atoms with van der Waals surface area (Å²) < 4.78 is 0. The van der Waals surface area contributed by atoms with E-state index in [0.29, 0.717) is 0 Å². The van der Waals surface area contributed by atoms with Gasteiger partial charge in [0, 0.05) is 18.7 Å². The first-order chi connectivity index (χ1) is 8.11. The smallest absolute Gasteiger partial charge is 0.100 e. The van der Waals surface area contributed by atoms with Crippen LogP contribution in [0.15, 0.2) is 18.2 Å². The van der Waals surface area contributed by atoms with E-state index in [1.165, 1.54) is 16.8 Å². The Kier molecular flexibility index (Phi) is 5.20. The molecule has 0 aromatic heterocycles. The Morgan fingerprint density at radius 2 is 1.76 bits per heavy atom. The Morgan fingerprint density at radius 3 is 2.24 bits per heavy atom. The van der Waals surface area contributed by atoms with Crippen LogP contribution >= 0.6 is 0 Å². The molecular formula is C15H24N2. The Morgan fingerprint density at radius 1 is 1.18 bits per heavy atom. The lowest BCUT2D eigenvalue weighted by atomic mass is 10.1. The molecule has 0 unspecified atom stereocenters. The standard InChI is InChI=1S/C15H24N2/c1-5-7-11-14(16)17(6-2)15-12(3)9-8-10-13(15)4/h8-10,16H,5-7,11H2,1-4H3. The molecule has 0 saturated carbocycles. The molecule has 0 aliphatic carbocycles. The molecule has 2 nitrogen and oxygen atoms in total. The van der Waals surface area contributed by atoms with Crippen LogP contribution in [-0.2, 0) is 0 Å².